The van der Waals surface area contributed by atoms with E-state index in [1.54, 1.807) is 47.9 Å². The first-order valence-electron chi connectivity index (χ1n) is 8.89. The van der Waals surface area contributed by atoms with Crippen molar-refractivity contribution in [1.82, 2.24) is 24.3 Å². The quantitative estimate of drug-likeness (QED) is 0.515. The van der Waals surface area contributed by atoms with Gasteiger partial charge in [-0.1, -0.05) is 0 Å². The van der Waals surface area contributed by atoms with Crippen molar-refractivity contribution >= 4 is 16.9 Å². The lowest BCUT2D eigenvalue weighted by atomic mass is 10.2. The van der Waals surface area contributed by atoms with E-state index in [-0.39, 0.29) is 17.0 Å². The maximum atomic E-state index is 14.7. The molecular formula is C20H18F2N6O2. The Hall–Kier alpha value is -3.82. The van der Waals surface area contributed by atoms with Crippen LogP contribution in [0.25, 0.3) is 22.4 Å². The molecule has 4 rings (SSSR count). The molecule has 0 fully saturated rings. The van der Waals surface area contributed by atoms with Crippen LogP contribution in [-0.4, -0.2) is 38.5 Å². The van der Waals surface area contributed by atoms with Gasteiger partial charge in [0.1, 0.15) is 16.7 Å². The Bertz CT molecular complexity index is 1300. The van der Waals surface area contributed by atoms with E-state index >= 15 is 0 Å². The lowest BCUT2D eigenvalue weighted by Crippen LogP contribution is -2.19. The van der Waals surface area contributed by atoms with Gasteiger partial charge in [0.05, 0.1) is 32.3 Å². The van der Waals surface area contributed by atoms with Gasteiger partial charge in [-0.15, -0.1) is 0 Å². The highest BCUT2D eigenvalue weighted by atomic mass is 19.1. The highest BCUT2D eigenvalue weighted by Crippen LogP contribution is 2.36. The van der Waals surface area contributed by atoms with E-state index in [0.717, 1.165) is 11.6 Å². The molecule has 4 aromatic rings. The Kier molecular flexibility index (Phi) is 4.90. The van der Waals surface area contributed by atoms with E-state index in [1.807, 2.05) is 6.20 Å². The largest absolute Gasteiger partial charge is 0.493 e. The molecule has 10 heteroatoms. The molecule has 0 radical (unpaired) electrons. The van der Waals surface area contributed by atoms with Gasteiger partial charge < -0.3 is 14.0 Å². The minimum absolute atomic E-state index is 0.172. The van der Waals surface area contributed by atoms with E-state index < -0.39 is 17.3 Å². The van der Waals surface area contributed by atoms with Crippen LogP contribution in [0.5, 0.6) is 11.5 Å². The highest BCUT2D eigenvalue weighted by Gasteiger charge is 2.20. The Labute approximate surface area is 170 Å². The standard InChI is InChI=1S/C20H18F2N6O2/c1-27-10-11(8-24-27)13-9-23-12-5-6-16(28(2)20(12)25-13)26-19-17(21)14(29-3)7-15(30-4)18(19)22/h5-10H,1-4H3. The van der Waals surface area contributed by atoms with Crippen molar-refractivity contribution in [3.05, 3.63) is 53.9 Å². The molecule has 154 valence electrons. The van der Waals surface area contributed by atoms with Gasteiger partial charge in [0, 0.05) is 31.9 Å². The summed E-state index contributed by atoms with van der Waals surface area (Å²) in [7, 11) is 6.06. The van der Waals surface area contributed by atoms with Crippen LogP contribution in [0, 0.1) is 11.6 Å². The van der Waals surface area contributed by atoms with Crippen LogP contribution in [0.1, 0.15) is 0 Å². The number of ether oxygens (including phenoxy) is 2. The van der Waals surface area contributed by atoms with Crippen LogP contribution in [-0.2, 0) is 14.1 Å². The van der Waals surface area contributed by atoms with Crippen molar-refractivity contribution in [3.63, 3.8) is 0 Å². The predicted octanol–water partition coefficient (Wildman–Crippen LogP) is 2.90. The van der Waals surface area contributed by atoms with Crippen LogP contribution in [0.2, 0.25) is 0 Å². The normalized spacial score (nSPS) is 11.9. The maximum absolute atomic E-state index is 14.7. The fourth-order valence-electron chi connectivity index (χ4n) is 3.02. The van der Waals surface area contributed by atoms with Crippen LogP contribution >= 0.6 is 0 Å². The Morgan fingerprint density at radius 2 is 1.70 bits per heavy atom. The molecule has 1 aromatic carbocycles. The molecule has 30 heavy (non-hydrogen) atoms. The third-order valence-corrected chi connectivity index (χ3v) is 4.61. The van der Waals surface area contributed by atoms with Gasteiger partial charge in [-0.2, -0.15) is 5.10 Å². The van der Waals surface area contributed by atoms with E-state index in [1.165, 1.54) is 14.2 Å². The van der Waals surface area contributed by atoms with E-state index in [0.29, 0.717) is 16.9 Å². The summed E-state index contributed by atoms with van der Waals surface area (Å²) in [5, 5.41) is 4.14. The summed E-state index contributed by atoms with van der Waals surface area (Å²) < 4.78 is 42.6. The van der Waals surface area contributed by atoms with Crippen molar-refractivity contribution < 1.29 is 18.3 Å². The number of aromatic nitrogens is 5. The van der Waals surface area contributed by atoms with E-state index in [2.05, 4.69) is 20.1 Å². The molecule has 0 aliphatic rings. The van der Waals surface area contributed by atoms with Gasteiger partial charge in [0.2, 0.25) is 0 Å². The first-order valence-corrected chi connectivity index (χ1v) is 8.89. The first-order chi connectivity index (χ1) is 14.4. The van der Waals surface area contributed by atoms with Crippen LogP contribution in [0.15, 0.2) is 41.8 Å². The molecule has 3 aromatic heterocycles. The fourth-order valence-corrected chi connectivity index (χ4v) is 3.02. The van der Waals surface area contributed by atoms with Gasteiger partial charge in [0.15, 0.2) is 28.8 Å². The molecule has 0 spiro atoms. The zero-order valence-corrected chi connectivity index (χ0v) is 16.7. The van der Waals surface area contributed by atoms with Crippen LogP contribution < -0.4 is 15.0 Å². The molecule has 0 N–H and O–H groups in total. The Morgan fingerprint density at radius 1 is 1.00 bits per heavy atom. The number of halogens is 2. The second-order valence-electron chi connectivity index (χ2n) is 6.49. The second-order valence-corrected chi connectivity index (χ2v) is 6.49. The van der Waals surface area contributed by atoms with E-state index in [9.17, 15) is 8.78 Å². The Morgan fingerprint density at radius 3 is 2.30 bits per heavy atom. The summed E-state index contributed by atoms with van der Waals surface area (Å²) in [5.74, 6) is -2.19. The zero-order chi connectivity index (χ0) is 21.4. The summed E-state index contributed by atoms with van der Waals surface area (Å²) in [6.45, 7) is 0. The molecule has 0 unspecified atom stereocenters. The smallest absolute Gasteiger partial charge is 0.193 e. The first kappa shape index (κ1) is 19.5. The average Bonchev–Trinajstić information content (AvgIpc) is 3.19. The number of benzene rings is 1. The third-order valence-electron chi connectivity index (χ3n) is 4.61. The molecule has 0 amide bonds. The predicted molar refractivity (Wildman–Crippen MR) is 105 cm³/mol. The number of aryl methyl sites for hydroxylation is 2. The summed E-state index contributed by atoms with van der Waals surface area (Å²) >= 11 is 0. The molecular weight excluding hydrogens is 394 g/mol. The highest BCUT2D eigenvalue weighted by molar-refractivity contribution is 5.73. The molecule has 0 saturated carbocycles. The monoisotopic (exact) mass is 412 g/mol. The Balaban J connectivity index is 1.94. The van der Waals surface area contributed by atoms with E-state index in [4.69, 9.17) is 9.47 Å². The van der Waals surface area contributed by atoms with Crippen molar-refractivity contribution in [1.29, 1.82) is 0 Å². The van der Waals surface area contributed by atoms with Crippen molar-refractivity contribution in [3.8, 4) is 22.8 Å². The number of fused-ring (bicyclic) bond motifs is 1. The second kappa shape index (κ2) is 7.54. The number of rotatable bonds is 4. The number of hydrogen-bond donors (Lipinski definition) is 0. The summed E-state index contributed by atoms with van der Waals surface area (Å²) in [4.78, 5) is 13.2. The lowest BCUT2D eigenvalue weighted by molar-refractivity contribution is 0.359. The molecule has 0 aliphatic heterocycles. The van der Waals surface area contributed by atoms with Crippen molar-refractivity contribution in [2.45, 2.75) is 0 Å². The van der Waals surface area contributed by atoms with Gasteiger partial charge in [0.25, 0.3) is 0 Å². The summed E-state index contributed by atoms with van der Waals surface area (Å²) in [5.41, 5.74) is 2.26. The van der Waals surface area contributed by atoms with Crippen LogP contribution in [0.3, 0.4) is 0 Å². The minimum atomic E-state index is -0.925. The number of hydrogen-bond acceptors (Lipinski definition) is 6. The zero-order valence-electron chi connectivity index (χ0n) is 16.7. The lowest BCUT2D eigenvalue weighted by Gasteiger charge is -2.10. The van der Waals surface area contributed by atoms with Gasteiger partial charge >= 0.3 is 0 Å². The minimum Gasteiger partial charge on any atom is -0.493 e. The summed E-state index contributed by atoms with van der Waals surface area (Å²) in [6.07, 6.45) is 5.14. The molecule has 0 aliphatic carbocycles. The third kappa shape index (κ3) is 3.25. The number of nitrogens with zero attached hydrogens (tertiary/aromatic N) is 6. The van der Waals surface area contributed by atoms with Gasteiger partial charge in [-0.05, 0) is 12.1 Å². The molecule has 3 heterocycles. The van der Waals surface area contributed by atoms with Crippen molar-refractivity contribution in [2.75, 3.05) is 14.2 Å². The van der Waals surface area contributed by atoms with Crippen molar-refractivity contribution in [2.24, 2.45) is 19.1 Å². The number of pyridine rings is 1. The SMILES string of the molecule is COc1cc(OC)c(F)c(N=c2ccc3ncc(-c4cnn(C)c4)nc3n2C)c1F. The molecule has 0 saturated heterocycles. The average molecular weight is 412 g/mol. The maximum Gasteiger partial charge on any atom is 0.193 e. The number of methoxy groups -OCH3 is 2. The molecule has 0 atom stereocenters. The van der Waals surface area contributed by atoms with Gasteiger partial charge in [-0.25, -0.2) is 18.8 Å². The molecule has 8 nitrogen and oxygen atoms in total. The van der Waals surface area contributed by atoms with Gasteiger partial charge in [-0.3, -0.25) is 9.67 Å². The fraction of sp³-hybridized carbons (Fsp3) is 0.200. The van der Waals surface area contributed by atoms with Crippen LogP contribution in [0.4, 0.5) is 14.5 Å². The molecule has 0 bridgehead atoms. The topological polar surface area (TPSA) is 79.3 Å². The summed E-state index contributed by atoms with van der Waals surface area (Å²) in [6, 6.07) is 4.42.